The molecular weight excluding hydrogens is 438 g/mol. The summed E-state index contributed by atoms with van der Waals surface area (Å²) in [5.74, 6) is 0.354. The zero-order chi connectivity index (χ0) is 23.4. The van der Waals surface area contributed by atoms with Crippen LogP contribution in [-0.4, -0.2) is 37.0 Å². The molecule has 6 nitrogen and oxygen atoms in total. The molecule has 1 N–H and O–H groups in total. The molecule has 1 aliphatic heterocycles. The Morgan fingerprint density at radius 2 is 1.88 bits per heavy atom. The number of aryl methyl sites for hydroxylation is 1. The molecule has 3 aromatic rings. The molecule has 170 valence electrons. The molecule has 4 rings (SSSR count). The average Bonchev–Trinajstić information content (AvgIpc) is 2.80. The summed E-state index contributed by atoms with van der Waals surface area (Å²) in [6.07, 6.45) is 0.809. The molecule has 0 atom stereocenters. The van der Waals surface area contributed by atoms with E-state index in [1.807, 2.05) is 55.5 Å². The topological polar surface area (TPSA) is 61.9 Å². The monoisotopic (exact) mass is 463 g/mol. The number of halogens is 1. The Labute approximate surface area is 198 Å². The van der Waals surface area contributed by atoms with Gasteiger partial charge in [0.25, 0.3) is 5.91 Å². The van der Waals surface area contributed by atoms with E-state index in [4.69, 9.17) is 16.3 Å². The molecule has 1 fully saturated rings. The van der Waals surface area contributed by atoms with Gasteiger partial charge < -0.3 is 15.0 Å². The fourth-order valence-electron chi connectivity index (χ4n) is 3.97. The Morgan fingerprint density at radius 3 is 2.64 bits per heavy atom. The molecule has 1 heterocycles. The molecule has 1 saturated heterocycles. The van der Waals surface area contributed by atoms with Crippen molar-refractivity contribution in [2.45, 2.75) is 19.9 Å². The fourth-order valence-corrected chi connectivity index (χ4v) is 4.18. The van der Waals surface area contributed by atoms with Crippen LogP contribution in [0.4, 0.5) is 16.2 Å². The first-order valence-corrected chi connectivity index (χ1v) is 11.2. The summed E-state index contributed by atoms with van der Waals surface area (Å²) in [6.45, 7) is 3.62. The molecule has 0 radical (unpaired) electrons. The zero-order valence-corrected chi connectivity index (χ0v) is 19.4. The number of ether oxygens (including phenoxy) is 1. The van der Waals surface area contributed by atoms with Gasteiger partial charge in [-0.15, -0.1) is 0 Å². The Morgan fingerprint density at radius 1 is 1.06 bits per heavy atom. The molecule has 3 amide bonds. The molecule has 0 unspecified atom stereocenters. The second-order valence-electron chi connectivity index (χ2n) is 8.05. The number of rotatable bonds is 6. The lowest BCUT2D eigenvalue weighted by Crippen LogP contribution is -2.49. The van der Waals surface area contributed by atoms with Crippen LogP contribution in [0.2, 0.25) is 5.02 Å². The smallest absolute Gasteiger partial charge is 0.324 e. The summed E-state index contributed by atoms with van der Waals surface area (Å²) in [5, 5.41) is 3.61. The highest BCUT2D eigenvalue weighted by atomic mass is 35.5. The molecule has 7 heteroatoms. The number of amides is 3. The quantitative estimate of drug-likeness (QED) is 0.507. The number of carbonyl (C=O) groups is 2. The van der Waals surface area contributed by atoms with E-state index in [2.05, 4.69) is 5.32 Å². The molecule has 0 spiro atoms. The molecule has 0 aromatic heterocycles. The van der Waals surface area contributed by atoms with Gasteiger partial charge in [0.2, 0.25) is 0 Å². The first-order chi connectivity index (χ1) is 15.9. The van der Waals surface area contributed by atoms with Crippen molar-refractivity contribution in [1.82, 2.24) is 4.90 Å². The minimum absolute atomic E-state index is 0.113. The van der Waals surface area contributed by atoms with Crippen molar-refractivity contribution in [3.05, 3.63) is 88.4 Å². The summed E-state index contributed by atoms with van der Waals surface area (Å²) in [6, 6.07) is 20.1. The van der Waals surface area contributed by atoms with Gasteiger partial charge in [-0.05, 0) is 55.3 Å². The van der Waals surface area contributed by atoms with Crippen molar-refractivity contribution in [3.8, 4) is 5.75 Å². The highest BCUT2D eigenvalue weighted by molar-refractivity contribution is 6.30. The van der Waals surface area contributed by atoms with Crippen LogP contribution in [0.15, 0.2) is 66.7 Å². The number of benzene rings is 3. The van der Waals surface area contributed by atoms with Gasteiger partial charge in [0.05, 0.1) is 18.5 Å². The second kappa shape index (κ2) is 9.96. The number of hydrogen-bond donors (Lipinski definition) is 1. The van der Waals surface area contributed by atoms with E-state index >= 15 is 0 Å². The molecule has 0 aliphatic carbocycles. The number of hydrogen-bond acceptors (Lipinski definition) is 3. The van der Waals surface area contributed by atoms with E-state index in [1.54, 1.807) is 35.1 Å². The molecule has 33 heavy (non-hydrogen) atoms. The highest BCUT2D eigenvalue weighted by Crippen LogP contribution is 2.33. The van der Waals surface area contributed by atoms with Crippen molar-refractivity contribution in [2.75, 3.05) is 30.4 Å². The summed E-state index contributed by atoms with van der Waals surface area (Å²) in [7, 11) is 1.57. The second-order valence-corrected chi connectivity index (χ2v) is 8.48. The van der Waals surface area contributed by atoms with E-state index in [-0.39, 0.29) is 11.9 Å². The lowest BCUT2D eigenvalue weighted by Gasteiger charge is -2.36. The fraction of sp³-hybridized carbons (Fsp3) is 0.231. The van der Waals surface area contributed by atoms with Gasteiger partial charge in [-0.25, -0.2) is 4.79 Å². The van der Waals surface area contributed by atoms with Crippen LogP contribution in [0.1, 0.15) is 27.9 Å². The standard InChI is InChI=1S/C26H26ClN3O3/c1-18-6-3-8-20(14-18)25(31)28-23-16-22(33-2)10-11-24(23)30-13-5-12-29(26(30)32)17-19-7-4-9-21(27)15-19/h3-4,6-11,14-16H,5,12-13,17H2,1-2H3,(H,28,31). The molecular formula is C26H26ClN3O3. The van der Waals surface area contributed by atoms with Gasteiger partial charge >= 0.3 is 6.03 Å². The summed E-state index contributed by atoms with van der Waals surface area (Å²) in [5.41, 5.74) is 3.68. The predicted molar refractivity (Wildman–Crippen MR) is 131 cm³/mol. The summed E-state index contributed by atoms with van der Waals surface area (Å²) >= 11 is 6.12. The molecule has 1 aliphatic rings. The Bertz CT molecular complexity index is 1180. The van der Waals surface area contributed by atoms with E-state index in [1.165, 1.54) is 0 Å². The van der Waals surface area contributed by atoms with Gasteiger partial charge in [0, 0.05) is 36.3 Å². The zero-order valence-electron chi connectivity index (χ0n) is 18.7. The minimum atomic E-state index is -0.242. The number of nitrogens with zero attached hydrogens (tertiary/aromatic N) is 2. The van der Waals surface area contributed by atoms with E-state index in [0.717, 1.165) is 17.5 Å². The maximum absolute atomic E-state index is 13.4. The minimum Gasteiger partial charge on any atom is -0.497 e. The molecule has 0 saturated carbocycles. The number of urea groups is 1. The largest absolute Gasteiger partial charge is 0.497 e. The van der Waals surface area contributed by atoms with Gasteiger partial charge in [-0.3, -0.25) is 9.69 Å². The number of methoxy groups -OCH3 is 1. The van der Waals surface area contributed by atoms with Crippen LogP contribution in [0.3, 0.4) is 0 Å². The number of anilines is 2. The van der Waals surface area contributed by atoms with Crippen molar-refractivity contribution < 1.29 is 14.3 Å². The normalized spacial score (nSPS) is 13.7. The molecule has 0 bridgehead atoms. The number of carbonyl (C=O) groups excluding carboxylic acids is 2. The van der Waals surface area contributed by atoms with Crippen LogP contribution < -0.4 is 15.0 Å². The average molecular weight is 464 g/mol. The van der Waals surface area contributed by atoms with Crippen molar-refractivity contribution in [1.29, 1.82) is 0 Å². The third-order valence-electron chi connectivity index (χ3n) is 5.60. The highest BCUT2D eigenvalue weighted by Gasteiger charge is 2.29. The SMILES string of the molecule is COc1ccc(N2CCCN(Cc3cccc(Cl)c3)C2=O)c(NC(=O)c2cccc(C)c2)c1. The van der Waals surface area contributed by atoms with E-state index in [9.17, 15) is 9.59 Å². The van der Waals surface area contributed by atoms with Gasteiger partial charge in [-0.1, -0.05) is 41.4 Å². The lowest BCUT2D eigenvalue weighted by molar-refractivity contribution is 0.102. The Kier molecular flexibility index (Phi) is 6.84. The van der Waals surface area contributed by atoms with Crippen molar-refractivity contribution in [2.24, 2.45) is 0 Å². The van der Waals surface area contributed by atoms with Gasteiger partial charge in [0.15, 0.2) is 0 Å². The van der Waals surface area contributed by atoms with Crippen LogP contribution in [-0.2, 0) is 6.54 Å². The van der Waals surface area contributed by atoms with Gasteiger partial charge in [-0.2, -0.15) is 0 Å². The lowest BCUT2D eigenvalue weighted by atomic mass is 10.1. The van der Waals surface area contributed by atoms with E-state index in [0.29, 0.717) is 47.3 Å². The third-order valence-corrected chi connectivity index (χ3v) is 5.83. The molecule has 3 aromatic carbocycles. The van der Waals surface area contributed by atoms with Crippen molar-refractivity contribution in [3.63, 3.8) is 0 Å². The maximum Gasteiger partial charge on any atom is 0.324 e. The number of nitrogens with one attached hydrogen (secondary N) is 1. The first kappa shape index (κ1) is 22.7. The maximum atomic E-state index is 13.4. The Balaban J connectivity index is 1.60. The van der Waals surface area contributed by atoms with Crippen LogP contribution in [0.25, 0.3) is 0 Å². The first-order valence-electron chi connectivity index (χ1n) is 10.8. The third kappa shape index (κ3) is 5.29. The Hall–Kier alpha value is -3.51. The summed E-state index contributed by atoms with van der Waals surface area (Å²) in [4.78, 5) is 29.8. The van der Waals surface area contributed by atoms with Gasteiger partial charge in [0.1, 0.15) is 5.75 Å². The van der Waals surface area contributed by atoms with Crippen LogP contribution >= 0.6 is 11.6 Å². The van der Waals surface area contributed by atoms with Crippen LogP contribution in [0.5, 0.6) is 5.75 Å². The van der Waals surface area contributed by atoms with Crippen molar-refractivity contribution >= 4 is 34.9 Å². The summed E-state index contributed by atoms with van der Waals surface area (Å²) < 4.78 is 5.36. The predicted octanol–water partition coefficient (Wildman–Crippen LogP) is 5.74. The van der Waals surface area contributed by atoms with E-state index < -0.39 is 0 Å². The van der Waals surface area contributed by atoms with Crippen LogP contribution in [0, 0.1) is 6.92 Å².